The second-order valence-corrected chi connectivity index (χ2v) is 2.84. The lowest BCUT2D eigenvalue weighted by molar-refractivity contribution is 0.340. The molecule has 1 rings (SSSR count). The fourth-order valence-corrected chi connectivity index (χ4v) is 1.19. The number of rotatable bonds is 3. The van der Waals surface area contributed by atoms with Crippen LogP contribution in [0, 0.1) is 13.5 Å². The Morgan fingerprint density at radius 1 is 1.46 bits per heavy atom. The molecule has 0 N–H and O–H groups in total. The van der Waals surface area contributed by atoms with Gasteiger partial charge in [-0.3, -0.25) is 0 Å². The SMILES string of the molecule is [C-]#[N+]Cc1ccc(OCC)cc1C. The van der Waals surface area contributed by atoms with Crippen LogP contribution in [0.4, 0.5) is 0 Å². The lowest BCUT2D eigenvalue weighted by atomic mass is 10.1. The third kappa shape index (κ3) is 2.48. The van der Waals surface area contributed by atoms with Crippen molar-refractivity contribution in [3.63, 3.8) is 0 Å². The number of ether oxygens (including phenoxy) is 1. The van der Waals surface area contributed by atoms with Crippen molar-refractivity contribution in [2.45, 2.75) is 20.4 Å². The highest BCUT2D eigenvalue weighted by molar-refractivity contribution is 5.35. The molecule has 68 valence electrons. The highest BCUT2D eigenvalue weighted by Crippen LogP contribution is 2.17. The minimum atomic E-state index is 0.457. The molecular formula is C11H13NO. The van der Waals surface area contributed by atoms with Gasteiger partial charge in [-0.25, -0.2) is 6.57 Å². The van der Waals surface area contributed by atoms with Crippen molar-refractivity contribution in [2.75, 3.05) is 6.61 Å². The summed E-state index contributed by atoms with van der Waals surface area (Å²) >= 11 is 0. The summed E-state index contributed by atoms with van der Waals surface area (Å²) in [5.41, 5.74) is 2.21. The third-order valence-electron chi connectivity index (χ3n) is 1.87. The molecule has 0 saturated carbocycles. The molecule has 0 spiro atoms. The zero-order valence-electron chi connectivity index (χ0n) is 8.00. The lowest BCUT2D eigenvalue weighted by Crippen LogP contribution is -1.93. The molecule has 2 nitrogen and oxygen atoms in total. The van der Waals surface area contributed by atoms with E-state index in [4.69, 9.17) is 11.3 Å². The van der Waals surface area contributed by atoms with Crippen LogP contribution in [0.15, 0.2) is 18.2 Å². The van der Waals surface area contributed by atoms with E-state index in [-0.39, 0.29) is 0 Å². The Labute approximate surface area is 79.0 Å². The maximum absolute atomic E-state index is 6.77. The Hall–Kier alpha value is -1.49. The maximum Gasteiger partial charge on any atom is 0.240 e. The topological polar surface area (TPSA) is 13.6 Å². The summed E-state index contributed by atoms with van der Waals surface area (Å²) < 4.78 is 5.34. The molecule has 0 fully saturated rings. The van der Waals surface area contributed by atoms with Crippen LogP contribution in [-0.4, -0.2) is 6.61 Å². The van der Waals surface area contributed by atoms with Gasteiger partial charge < -0.3 is 9.58 Å². The fraction of sp³-hybridized carbons (Fsp3) is 0.364. The Bertz CT molecular complexity index is 325. The monoisotopic (exact) mass is 175 g/mol. The first kappa shape index (κ1) is 9.60. The van der Waals surface area contributed by atoms with Crippen LogP contribution in [0.1, 0.15) is 18.1 Å². The molecule has 1 aromatic carbocycles. The van der Waals surface area contributed by atoms with Crippen molar-refractivity contribution in [2.24, 2.45) is 0 Å². The predicted molar refractivity (Wildman–Crippen MR) is 52.7 cm³/mol. The first-order valence-electron chi connectivity index (χ1n) is 4.33. The van der Waals surface area contributed by atoms with Crippen LogP contribution in [0.5, 0.6) is 5.75 Å². The van der Waals surface area contributed by atoms with Gasteiger partial charge in [0.05, 0.1) is 6.61 Å². The normalized spacial score (nSPS) is 9.31. The van der Waals surface area contributed by atoms with E-state index in [9.17, 15) is 0 Å². The molecule has 0 atom stereocenters. The molecule has 0 amide bonds. The lowest BCUT2D eigenvalue weighted by Gasteiger charge is -2.05. The molecule has 13 heavy (non-hydrogen) atoms. The quantitative estimate of drug-likeness (QED) is 0.644. The van der Waals surface area contributed by atoms with Gasteiger partial charge >= 0.3 is 0 Å². The highest BCUT2D eigenvalue weighted by Gasteiger charge is 2.01. The van der Waals surface area contributed by atoms with Gasteiger partial charge in [0.2, 0.25) is 6.54 Å². The molecule has 0 aromatic heterocycles. The largest absolute Gasteiger partial charge is 0.494 e. The summed E-state index contributed by atoms with van der Waals surface area (Å²) in [4.78, 5) is 3.35. The van der Waals surface area contributed by atoms with E-state index in [1.807, 2.05) is 32.0 Å². The molecule has 0 radical (unpaired) electrons. The van der Waals surface area contributed by atoms with E-state index >= 15 is 0 Å². The van der Waals surface area contributed by atoms with E-state index in [1.54, 1.807) is 0 Å². The number of hydrogen-bond donors (Lipinski definition) is 0. The van der Waals surface area contributed by atoms with Crippen molar-refractivity contribution in [3.05, 3.63) is 40.7 Å². The smallest absolute Gasteiger partial charge is 0.240 e. The van der Waals surface area contributed by atoms with Crippen LogP contribution in [0.25, 0.3) is 4.85 Å². The standard InChI is InChI=1S/C11H13NO/c1-4-13-11-6-5-10(8-12-3)9(2)7-11/h5-7H,4,8H2,1-2H3. The molecular weight excluding hydrogens is 162 g/mol. The van der Waals surface area contributed by atoms with Crippen molar-refractivity contribution < 1.29 is 4.74 Å². The maximum atomic E-state index is 6.77. The summed E-state index contributed by atoms with van der Waals surface area (Å²) in [6.07, 6.45) is 0. The Morgan fingerprint density at radius 2 is 2.23 bits per heavy atom. The van der Waals surface area contributed by atoms with Gasteiger partial charge in [-0.1, -0.05) is 0 Å². The van der Waals surface area contributed by atoms with Crippen molar-refractivity contribution in [1.29, 1.82) is 0 Å². The second kappa shape index (κ2) is 4.51. The summed E-state index contributed by atoms with van der Waals surface area (Å²) in [6.45, 7) is 11.9. The van der Waals surface area contributed by atoms with E-state index in [0.29, 0.717) is 13.2 Å². The van der Waals surface area contributed by atoms with Gasteiger partial charge in [-0.15, -0.1) is 0 Å². The van der Waals surface area contributed by atoms with E-state index < -0.39 is 0 Å². The van der Waals surface area contributed by atoms with Gasteiger partial charge in [0, 0.05) is 5.56 Å². The number of nitrogens with zero attached hydrogens (tertiary/aromatic N) is 1. The minimum absolute atomic E-state index is 0.457. The summed E-state index contributed by atoms with van der Waals surface area (Å²) in [6, 6.07) is 5.85. The molecule has 0 aliphatic rings. The average molecular weight is 175 g/mol. The van der Waals surface area contributed by atoms with Crippen LogP contribution in [-0.2, 0) is 6.54 Å². The molecule has 0 unspecified atom stereocenters. The molecule has 1 aromatic rings. The Morgan fingerprint density at radius 3 is 2.77 bits per heavy atom. The van der Waals surface area contributed by atoms with E-state index in [0.717, 1.165) is 16.9 Å². The predicted octanol–water partition coefficient (Wildman–Crippen LogP) is 2.81. The summed E-state index contributed by atoms with van der Waals surface area (Å²) in [5, 5.41) is 0. The molecule has 0 aliphatic carbocycles. The number of hydrogen-bond acceptors (Lipinski definition) is 1. The highest BCUT2D eigenvalue weighted by atomic mass is 16.5. The third-order valence-corrected chi connectivity index (χ3v) is 1.87. The first-order valence-corrected chi connectivity index (χ1v) is 4.33. The molecule has 0 saturated heterocycles. The van der Waals surface area contributed by atoms with Crippen LogP contribution < -0.4 is 4.74 Å². The van der Waals surface area contributed by atoms with Gasteiger partial charge in [0.15, 0.2) is 0 Å². The molecule has 0 heterocycles. The van der Waals surface area contributed by atoms with Gasteiger partial charge in [-0.2, -0.15) is 0 Å². The van der Waals surface area contributed by atoms with Crippen molar-refractivity contribution in [3.8, 4) is 5.75 Å². The van der Waals surface area contributed by atoms with E-state index in [1.165, 1.54) is 0 Å². The zero-order valence-corrected chi connectivity index (χ0v) is 8.00. The van der Waals surface area contributed by atoms with Gasteiger partial charge in [0.1, 0.15) is 5.75 Å². The number of benzene rings is 1. The van der Waals surface area contributed by atoms with Gasteiger partial charge in [-0.05, 0) is 37.6 Å². The number of aryl methyl sites for hydroxylation is 1. The summed E-state index contributed by atoms with van der Waals surface area (Å²) in [7, 11) is 0. The zero-order chi connectivity index (χ0) is 9.68. The van der Waals surface area contributed by atoms with Crippen LogP contribution in [0.3, 0.4) is 0 Å². The molecule has 0 bridgehead atoms. The average Bonchev–Trinajstić information content (AvgIpc) is 2.10. The fourth-order valence-electron chi connectivity index (χ4n) is 1.19. The molecule has 0 aliphatic heterocycles. The van der Waals surface area contributed by atoms with Gasteiger partial charge in [0.25, 0.3) is 0 Å². The molecule has 2 heteroatoms. The Kier molecular flexibility index (Phi) is 3.33. The van der Waals surface area contributed by atoms with Crippen molar-refractivity contribution >= 4 is 0 Å². The van der Waals surface area contributed by atoms with Crippen LogP contribution in [0.2, 0.25) is 0 Å². The van der Waals surface area contributed by atoms with Crippen LogP contribution >= 0.6 is 0 Å². The van der Waals surface area contributed by atoms with E-state index in [2.05, 4.69) is 4.85 Å². The van der Waals surface area contributed by atoms with Crippen molar-refractivity contribution in [1.82, 2.24) is 0 Å². The minimum Gasteiger partial charge on any atom is -0.494 e. The Balaban J connectivity index is 2.86. The first-order chi connectivity index (χ1) is 6.27. The second-order valence-electron chi connectivity index (χ2n) is 2.84. The summed E-state index contributed by atoms with van der Waals surface area (Å²) in [5.74, 6) is 0.883.